The fraction of sp³-hybridized carbons (Fsp3) is 0.385. The number of nitrogens with one attached hydrogen (secondary N) is 2. The summed E-state index contributed by atoms with van der Waals surface area (Å²) in [7, 11) is 0. The third kappa shape index (κ3) is 4.10. The molecule has 0 unspecified atom stereocenters. The quantitative estimate of drug-likeness (QED) is 0.840. The van der Waals surface area contributed by atoms with Gasteiger partial charge < -0.3 is 15.4 Å². The van der Waals surface area contributed by atoms with E-state index in [1.165, 1.54) is 12.1 Å². The molecule has 1 saturated heterocycles. The molecule has 0 aliphatic carbocycles. The van der Waals surface area contributed by atoms with Crippen LogP contribution in [0.3, 0.4) is 0 Å². The van der Waals surface area contributed by atoms with E-state index in [-0.39, 0.29) is 11.1 Å². The Kier molecular flexibility index (Phi) is 5.23. The van der Waals surface area contributed by atoms with Crippen LogP contribution < -0.4 is 10.6 Å². The summed E-state index contributed by atoms with van der Waals surface area (Å²) >= 11 is 11.7. The van der Waals surface area contributed by atoms with Crippen LogP contribution in [0.4, 0.5) is 5.69 Å². The molecule has 1 aliphatic heterocycles. The van der Waals surface area contributed by atoms with Crippen molar-refractivity contribution in [2.45, 2.75) is 18.9 Å². The first-order valence-corrected chi connectivity index (χ1v) is 6.97. The molecule has 1 heterocycles. The van der Waals surface area contributed by atoms with Gasteiger partial charge in [-0.3, -0.25) is 9.59 Å². The van der Waals surface area contributed by atoms with Crippen molar-refractivity contribution in [1.29, 1.82) is 0 Å². The molecule has 1 aromatic rings. The maximum Gasteiger partial charge on any atom is 0.313 e. The lowest BCUT2D eigenvalue weighted by atomic mass is 10.2. The van der Waals surface area contributed by atoms with Crippen LogP contribution in [0.15, 0.2) is 18.2 Å². The number of benzene rings is 1. The second kappa shape index (κ2) is 6.92. The summed E-state index contributed by atoms with van der Waals surface area (Å²) < 4.78 is 5.35. The molecule has 1 fully saturated rings. The van der Waals surface area contributed by atoms with Gasteiger partial charge in [0.15, 0.2) is 0 Å². The second-order valence-electron chi connectivity index (χ2n) is 4.42. The first-order valence-electron chi connectivity index (χ1n) is 6.22. The highest BCUT2D eigenvalue weighted by molar-refractivity contribution is 6.42. The second-order valence-corrected chi connectivity index (χ2v) is 5.27. The Morgan fingerprint density at radius 1 is 1.30 bits per heavy atom. The van der Waals surface area contributed by atoms with Crippen molar-refractivity contribution in [3.05, 3.63) is 28.2 Å². The van der Waals surface area contributed by atoms with E-state index in [0.29, 0.717) is 23.9 Å². The summed E-state index contributed by atoms with van der Waals surface area (Å²) in [5.41, 5.74) is 0.341. The van der Waals surface area contributed by atoms with Gasteiger partial charge >= 0.3 is 11.8 Å². The van der Waals surface area contributed by atoms with E-state index in [4.69, 9.17) is 27.9 Å². The lowest BCUT2D eigenvalue weighted by Gasteiger charge is -2.11. The van der Waals surface area contributed by atoms with Crippen LogP contribution in [0, 0.1) is 0 Å². The molecule has 7 heteroatoms. The average molecular weight is 317 g/mol. The summed E-state index contributed by atoms with van der Waals surface area (Å²) in [5.74, 6) is -1.49. The number of carbonyl (C=O) groups is 2. The minimum atomic E-state index is -0.771. The fourth-order valence-electron chi connectivity index (χ4n) is 1.86. The van der Waals surface area contributed by atoms with Gasteiger partial charge in [0.25, 0.3) is 0 Å². The zero-order valence-electron chi connectivity index (χ0n) is 10.6. The summed E-state index contributed by atoms with van der Waals surface area (Å²) in [5, 5.41) is 5.69. The molecule has 0 saturated carbocycles. The third-order valence-corrected chi connectivity index (χ3v) is 3.45. The lowest BCUT2D eigenvalue weighted by molar-refractivity contribution is -0.136. The van der Waals surface area contributed by atoms with Crippen molar-refractivity contribution < 1.29 is 14.3 Å². The molecule has 5 nitrogen and oxygen atoms in total. The maximum atomic E-state index is 11.7. The first-order chi connectivity index (χ1) is 9.56. The molecule has 0 aromatic heterocycles. The van der Waals surface area contributed by atoms with E-state index in [1.807, 2.05) is 0 Å². The number of amides is 2. The van der Waals surface area contributed by atoms with Crippen LogP contribution in [0.2, 0.25) is 10.0 Å². The SMILES string of the molecule is O=C(NC[C@@H]1CCCO1)C(=O)Nc1ccc(Cl)cc1Cl. The molecule has 2 rings (SSSR count). The van der Waals surface area contributed by atoms with Crippen molar-refractivity contribution >= 4 is 40.7 Å². The van der Waals surface area contributed by atoms with Gasteiger partial charge in [-0.2, -0.15) is 0 Å². The van der Waals surface area contributed by atoms with Crippen LogP contribution >= 0.6 is 23.2 Å². The molecule has 20 heavy (non-hydrogen) atoms. The van der Waals surface area contributed by atoms with Gasteiger partial charge in [0.2, 0.25) is 0 Å². The van der Waals surface area contributed by atoms with Gasteiger partial charge in [0.1, 0.15) is 0 Å². The van der Waals surface area contributed by atoms with E-state index >= 15 is 0 Å². The lowest BCUT2D eigenvalue weighted by Crippen LogP contribution is -2.39. The van der Waals surface area contributed by atoms with E-state index in [0.717, 1.165) is 12.8 Å². The predicted octanol–water partition coefficient (Wildman–Crippen LogP) is 2.23. The Bertz CT molecular complexity index is 516. The van der Waals surface area contributed by atoms with Gasteiger partial charge in [-0.1, -0.05) is 23.2 Å². The van der Waals surface area contributed by atoms with Crippen molar-refractivity contribution in [2.24, 2.45) is 0 Å². The Labute approximate surface area is 126 Å². The van der Waals surface area contributed by atoms with E-state index < -0.39 is 11.8 Å². The number of rotatable bonds is 3. The summed E-state index contributed by atoms with van der Waals surface area (Å²) in [6.45, 7) is 1.04. The molecule has 2 N–H and O–H groups in total. The van der Waals surface area contributed by atoms with Crippen molar-refractivity contribution in [2.75, 3.05) is 18.5 Å². The highest BCUT2D eigenvalue weighted by Crippen LogP contribution is 2.25. The Balaban J connectivity index is 1.85. The zero-order valence-corrected chi connectivity index (χ0v) is 12.1. The Morgan fingerprint density at radius 3 is 2.75 bits per heavy atom. The predicted molar refractivity (Wildman–Crippen MR) is 77.1 cm³/mol. The fourth-order valence-corrected chi connectivity index (χ4v) is 2.32. The highest BCUT2D eigenvalue weighted by atomic mass is 35.5. The molecular weight excluding hydrogens is 303 g/mol. The van der Waals surface area contributed by atoms with Gasteiger partial charge in [-0.05, 0) is 31.0 Å². The minimum absolute atomic E-state index is 0.00845. The van der Waals surface area contributed by atoms with Gasteiger partial charge in [0, 0.05) is 18.2 Å². The smallest absolute Gasteiger partial charge is 0.313 e. The monoisotopic (exact) mass is 316 g/mol. The number of halogens is 2. The molecule has 1 atom stereocenters. The van der Waals surface area contributed by atoms with Crippen LogP contribution in [0.5, 0.6) is 0 Å². The van der Waals surface area contributed by atoms with Gasteiger partial charge in [-0.15, -0.1) is 0 Å². The number of carbonyl (C=O) groups excluding carboxylic acids is 2. The van der Waals surface area contributed by atoms with Crippen LogP contribution in [0.1, 0.15) is 12.8 Å². The van der Waals surface area contributed by atoms with Gasteiger partial charge in [0.05, 0.1) is 16.8 Å². The molecule has 2 amide bonds. The van der Waals surface area contributed by atoms with Crippen molar-refractivity contribution in [1.82, 2.24) is 5.32 Å². The molecular formula is C13H14Cl2N2O3. The van der Waals surface area contributed by atoms with Crippen molar-refractivity contribution in [3.63, 3.8) is 0 Å². The Hall–Kier alpha value is -1.30. The zero-order chi connectivity index (χ0) is 14.5. The van der Waals surface area contributed by atoms with Gasteiger partial charge in [-0.25, -0.2) is 0 Å². The molecule has 1 aromatic carbocycles. The molecule has 0 spiro atoms. The van der Waals surface area contributed by atoms with Crippen LogP contribution in [-0.4, -0.2) is 31.1 Å². The first kappa shape index (κ1) is 15.1. The minimum Gasteiger partial charge on any atom is -0.376 e. The third-order valence-electron chi connectivity index (χ3n) is 2.90. The number of hydrogen-bond donors (Lipinski definition) is 2. The van der Waals surface area contributed by atoms with E-state index in [9.17, 15) is 9.59 Å². The Morgan fingerprint density at radius 2 is 2.10 bits per heavy atom. The molecule has 108 valence electrons. The largest absolute Gasteiger partial charge is 0.376 e. The number of anilines is 1. The maximum absolute atomic E-state index is 11.7. The summed E-state index contributed by atoms with van der Waals surface area (Å²) in [6, 6.07) is 4.60. The molecule has 0 bridgehead atoms. The van der Waals surface area contributed by atoms with E-state index in [2.05, 4.69) is 10.6 Å². The molecule has 0 radical (unpaired) electrons. The standard InChI is InChI=1S/C13H14Cl2N2O3/c14-8-3-4-11(10(15)6-8)17-13(19)12(18)16-7-9-2-1-5-20-9/h3-4,6,9H,1-2,5,7H2,(H,16,18)(H,17,19)/t9-/m0/s1. The average Bonchev–Trinajstić information content (AvgIpc) is 2.92. The normalized spacial score (nSPS) is 17.8. The molecule has 1 aliphatic rings. The highest BCUT2D eigenvalue weighted by Gasteiger charge is 2.19. The van der Waals surface area contributed by atoms with E-state index in [1.54, 1.807) is 6.07 Å². The summed E-state index contributed by atoms with van der Waals surface area (Å²) in [6.07, 6.45) is 1.86. The topological polar surface area (TPSA) is 67.4 Å². The van der Waals surface area contributed by atoms with Crippen LogP contribution in [-0.2, 0) is 14.3 Å². The summed E-state index contributed by atoms with van der Waals surface area (Å²) in [4.78, 5) is 23.3. The number of ether oxygens (including phenoxy) is 1. The van der Waals surface area contributed by atoms with Crippen LogP contribution in [0.25, 0.3) is 0 Å². The number of hydrogen-bond acceptors (Lipinski definition) is 3. The van der Waals surface area contributed by atoms with Crippen molar-refractivity contribution in [3.8, 4) is 0 Å².